The maximum absolute atomic E-state index is 11.9. The minimum atomic E-state index is -0.341. The highest BCUT2D eigenvalue weighted by molar-refractivity contribution is 8.00. The molecule has 0 fully saturated rings. The van der Waals surface area contributed by atoms with E-state index in [-0.39, 0.29) is 23.3 Å². The van der Waals surface area contributed by atoms with Crippen molar-refractivity contribution in [2.24, 2.45) is 0 Å². The van der Waals surface area contributed by atoms with E-state index in [1.807, 2.05) is 55.5 Å². The second kappa shape index (κ2) is 10.0. The van der Waals surface area contributed by atoms with Gasteiger partial charge in [0.1, 0.15) is 11.3 Å². The summed E-state index contributed by atoms with van der Waals surface area (Å²) in [5, 5.41) is 0.411. The largest absolute Gasteiger partial charge is 0.494 e. The molecule has 9 heteroatoms. The Morgan fingerprint density at radius 1 is 1.00 bits per heavy atom. The Balaban J connectivity index is 1.36. The van der Waals surface area contributed by atoms with Gasteiger partial charge in [0.25, 0.3) is 5.22 Å². The number of ether oxygens (including phenoxy) is 1. The van der Waals surface area contributed by atoms with Crippen molar-refractivity contribution < 1.29 is 18.7 Å². The number of rotatable bonds is 8. The molecule has 146 valence electrons. The van der Waals surface area contributed by atoms with E-state index in [1.54, 1.807) is 0 Å². The summed E-state index contributed by atoms with van der Waals surface area (Å²) in [7, 11) is 0. The highest BCUT2D eigenvalue weighted by Gasteiger charge is 2.10. The third-order valence-corrected chi connectivity index (χ3v) is 5.29. The van der Waals surface area contributed by atoms with E-state index in [1.165, 1.54) is 11.8 Å². The molecule has 0 bridgehead atoms. The number of carbonyl (C=O) groups excluding carboxylic acids is 2. The number of nitrogens with zero attached hydrogens (tertiary/aromatic N) is 1. The van der Waals surface area contributed by atoms with Crippen molar-refractivity contribution in [3.8, 4) is 5.75 Å². The minimum Gasteiger partial charge on any atom is -0.494 e. The van der Waals surface area contributed by atoms with Crippen LogP contribution in [0, 0.1) is 0 Å². The van der Waals surface area contributed by atoms with Gasteiger partial charge in [-0.2, -0.15) is 0 Å². The molecule has 28 heavy (non-hydrogen) atoms. The van der Waals surface area contributed by atoms with Crippen molar-refractivity contribution in [3.05, 3.63) is 48.5 Å². The molecule has 0 unspecified atom stereocenters. The van der Waals surface area contributed by atoms with Crippen molar-refractivity contribution in [2.45, 2.75) is 17.0 Å². The van der Waals surface area contributed by atoms with Crippen LogP contribution in [0.4, 0.5) is 0 Å². The fourth-order valence-electron chi connectivity index (χ4n) is 2.20. The zero-order valence-electron chi connectivity index (χ0n) is 15.1. The molecule has 0 saturated carbocycles. The first-order valence-corrected chi connectivity index (χ1v) is 10.5. The van der Waals surface area contributed by atoms with Gasteiger partial charge in [0.05, 0.1) is 18.1 Å². The number of para-hydroxylation sites is 2. The topological polar surface area (TPSA) is 93.5 Å². The summed E-state index contributed by atoms with van der Waals surface area (Å²) in [6, 6.07) is 14.9. The molecule has 2 N–H and O–H groups in total. The fourth-order valence-corrected chi connectivity index (χ4v) is 3.54. The molecular formula is C19H19N3O4S2. The third-order valence-electron chi connectivity index (χ3n) is 3.45. The summed E-state index contributed by atoms with van der Waals surface area (Å²) in [5.41, 5.74) is 6.20. The van der Waals surface area contributed by atoms with Crippen LogP contribution in [0.25, 0.3) is 11.1 Å². The number of hydrazine groups is 1. The van der Waals surface area contributed by atoms with Crippen LogP contribution in [0.15, 0.2) is 63.1 Å². The van der Waals surface area contributed by atoms with E-state index in [9.17, 15) is 9.59 Å². The first kappa shape index (κ1) is 20.1. The molecule has 3 aromatic rings. The molecule has 0 radical (unpaired) electrons. The van der Waals surface area contributed by atoms with Crippen molar-refractivity contribution >= 4 is 46.4 Å². The summed E-state index contributed by atoms with van der Waals surface area (Å²) in [6.45, 7) is 2.53. The first-order chi connectivity index (χ1) is 13.6. The molecule has 2 aromatic carbocycles. The molecule has 0 aliphatic carbocycles. The Morgan fingerprint density at radius 2 is 1.68 bits per heavy atom. The second-order valence-electron chi connectivity index (χ2n) is 5.53. The van der Waals surface area contributed by atoms with E-state index < -0.39 is 0 Å². The molecule has 1 aromatic heterocycles. The predicted octanol–water partition coefficient (Wildman–Crippen LogP) is 3.26. The maximum atomic E-state index is 11.9. The van der Waals surface area contributed by atoms with Gasteiger partial charge < -0.3 is 9.15 Å². The molecule has 7 nitrogen and oxygen atoms in total. The Hall–Kier alpha value is -2.65. The lowest BCUT2D eigenvalue weighted by molar-refractivity contribution is -0.126. The Morgan fingerprint density at radius 3 is 2.36 bits per heavy atom. The number of carbonyl (C=O) groups is 2. The average Bonchev–Trinajstić information content (AvgIpc) is 3.13. The number of thioether (sulfide) groups is 2. The van der Waals surface area contributed by atoms with Crippen LogP contribution >= 0.6 is 23.5 Å². The molecule has 0 aliphatic heterocycles. The summed E-state index contributed by atoms with van der Waals surface area (Å²) < 4.78 is 10.9. The third kappa shape index (κ3) is 5.93. The quantitative estimate of drug-likeness (QED) is 0.429. The molecule has 0 aliphatic rings. The van der Waals surface area contributed by atoms with Crippen LogP contribution in [-0.4, -0.2) is 34.9 Å². The van der Waals surface area contributed by atoms with E-state index >= 15 is 0 Å². The van der Waals surface area contributed by atoms with Crippen LogP contribution < -0.4 is 15.6 Å². The number of hydrogen-bond acceptors (Lipinski definition) is 7. The Labute approximate surface area is 170 Å². The lowest BCUT2D eigenvalue weighted by Crippen LogP contribution is -2.43. The lowest BCUT2D eigenvalue weighted by Gasteiger charge is -2.07. The molecule has 0 atom stereocenters. The summed E-state index contributed by atoms with van der Waals surface area (Å²) >= 11 is 2.53. The molecule has 1 heterocycles. The molecular weight excluding hydrogens is 398 g/mol. The van der Waals surface area contributed by atoms with Gasteiger partial charge in [0.2, 0.25) is 11.8 Å². The van der Waals surface area contributed by atoms with Crippen LogP contribution in [-0.2, 0) is 9.59 Å². The Kier molecular flexibility index (Phi) is 7.21. The van der Waals surface area contributed by atoms with Crippen molar-refractivity contribution in [2.75, 3.05) is 18.1 Å². The summed E-state index contributed by atoms with van der Waals surface area (Å²) in [4.78, 5) is 29.0. The average molecular weight is 418 g/mol. The number of amides is 2. The number of fused-ring (bicyclic) bond motifs is 1. The number of aromatic nitrogens is 1. The van der Waals surface area contributed by atoms with Crippen LogP contribution in [0.2, 0.25) is 0 Å². The van der Waals surface area contributed by atoms with Crippen molar-refractivity contribution in [1.82, 2.24) is 15.8 Å². The number of benzene rings is 2. The van der Waals surface area contributed by atoms with Gasteiger partial charge >= 0.3 is 0 Å². The summed E-state index contributed by atoms with van der Waals surface area (Å²) in [6.07, 6.45) is 0. The predicted molar refractivity (Wildman–Crippen MR) is 109 cm³/mol. The van der Waals surface area contributed by atoms with Gasteiger partial charge in [-0.15, -0.1) is 11.8 Å². The van der Waals surface area contributed by atoms with Gasteiger partial charge in [-0.3, -0.25) is 20.4 Å². The standard InChI is InChI=1S/C19H19N3O4S2/c1-2-25-13-7-9-14(10-8-13)27-11-17(23)21-22-18(24)12-28-19-20-15-5-3-4-6-16(15)26-19/h3-10H,2,11-12H2,1H3,(H,21,23)(H,22,24). The van der Waals surface area contributed by atoms with Gasteiger partial charge in [-0.1, -0.05) is 23.9 Å². The SMILES string of the molecule is CCOc1ccc(SCC(=O)NNC(=O)CSc2nc3ccccc3o2)cc1. The Bertz CT molecular complexity index is 911. The molecule has 0 spiro atoms. The monoisotopic (exact) mass is 417 g/mol. The lowest BCUT2D eigenvalue weighted by atomic mass is 10.3. The second-order valence-corrected chi connectivity index (χ2v) is 7.50. The maximum Gasteiger partial charge on any atom is 0.257 e. The highest BCUT2D eigenvalue weighted by atomic mass is 32.2. The number of nitrogens with one attached hydrogen (secondary N) is 2. The van der Waals surface area contributed by atoms with Gasteiger partial charge in [0.15, 0.2) is 5.58 Å². The van der Waals surface area contributed by atoms with E-state index in [4.69, 9.17) is 9.15 Å². The molecule has 2 amide bonds. The number of hydrogen-bond donors (Lipinski definition) is 2. The number of oxazole rings is 1. The van der Waals surface area contributed by atoms with Gasteiger partial charge in [-0.05, 0) is 43.3 Å². The zero-order chi connectivity index (χ0) is 19.8. The van der Waals surface area contributed by atoms with Crippen molar-refractivity contribution in [3.63, 3.8) is 0 Å². The fraction of sp³-hybridized carbons (Fsp3) is 0.211. The van der Waals surface area contributed by atoms with Gasteiger partial charge in [0, 0.05) is 4.90 Å². The zero-order valence-corrected chi connectivity index (χ0v) is 16.8. The summed E-state index contributed by atoms with van der Waals surface area (Å²) in [5.74, 6) is 0.428. The smallest absolute Gasteiger partial charge is 0.257 e. The minimum absolute atomic E-state index is 0.0825. The van der Waals surface area contributed by atoms with Crippen LogP contribution in [0.5, 0.6) is 5.75 Å². The first-order valence-electron chi connectivity index (χ1n) is 8.56. The normalized spacial score (nSPS) is 10.6. The van der Waals surface area contributed by atoms with E-state index in [0.717, 1.165) is 27.9 Å². The van der Waals surface area contributed by atoms with Crippen molar-refractivity contribution in [1.29, 1.82) is 0 Å². The van der Waals surface area contributed by atoms with E-state index in [0.29, 0.717) is 17.4 Å². The van der Waals surface area contributed by atoms with Crippen LogP contribution in [0.1, 0.15) is 6.92 Å². The van der Waals surface area contributed by atoms with Crippen LogP contribution in [0.3, 0.4) is 0 Å². The highest BCUT2D eigenvalue weighted by Crippen LogP contribution is 2.23. The molecule has 0 saturated heterocycles. The van der Waals surface area contributed by atoms with Gasteiger partial charge in [-0.25, -0.2) is 4.98 Å². The molecule has 3 rings (SSSR count). The van der Waals surface area contributed by atoms with E-state index in [2.05, 4.69) is 15.8 Å².